The molecule has 7 nitrogen and oxygen atoms in total. The fraction of sp³-hybridized carbons (Fsp3) is 0.176. The molecule has 0 saturated carbocycles. The number of amides is 1. The summed E-state index contributed by atoms with van der Waals surface area (Å²) in [7, 11) is -3.95. The number of aryl methyl sites for hydroxylation is 2. The zero-order valence-electron chi connectivity index (χ0n) is 14.1. The molecule has 0 spiro atoms. The topological polar surface area (TPSA) is 116 Å². The molecule has 0 bridgehead atoms. The number of nitrogens with two attached hydrogens (primary N) is 1. The van der Waals surface area contributed by atoms with Crippen molar-refractivity contribution in [3.63, 3.8) is 0 Å². The van der Waals surface area contributed by atoms with Crippen molar-refractivity contribution in [3.05, 3.63) is 57.6 Å². The Morgan fingerprint density at radius 3 is 2.46 bits per heavy atom. The van der Waals surface area contributed by atoms with Gasteiger partial charge in [-0.15, -0.1) is 0 Å². The number of hydrogen-bond acceptors (Lipinski definition) is 5. The van der Waals surface area contributed by atoms with Crippen LogP contribution in [0.5, 0.6) is 0 Å². The van der Waals surface area contributed by atoms with Crippen LogP contribution >= 0.6 is 15.9 Å². The zero-order chi connectivity index (χ0) is 19.5. The number of carbonyl (C=O) groups is 2. The molecule has 2 aromatic rings. The Bertz CT molecular complexity index is 973. The molecule has 0 fully saturated rings. The van der Waals surface area contributed by atoms with Crippen LogP contribution in [0.25, 0.3) is 0 Å². The number of esters is 1. The number of anilines is 1. The van der Waals surface area contributed by atoms with E-state index in [1.54, 1.807) is 13.0 Å². The van der Waals surface area contributed by atoms with Crippen LogP contribution in [0, 0.1) is 13.8 Å². The molecule has 0 saturated heterocycles. The normalized spacial score (nSPS) is 11.1. The highest BCUT2D eigenvalue weighted by Crippen LogP contribution is 2.23. The van der Waals surface area contributed by atoms with Gasteiger partial charge >= 0.3 is 5.97 Å². The second kappa shape index (κ2) is 7.98. The molecule has 0 aromatic heterocycles. The molecule has 2 aromatic carbocycles. The van der Waals surface area contributed by atoms with E-state index < -0.39 is 28.5 Å². The highest BCUT2D eigenvalue weighted by atomic mass is 79.9. The molecule has 0 radical (unpaired) electrons. The van der Waals surface area contributed by atoms with Crippen LogP contribution in [0.2, 0.25) is 0 Å². The van der Waals surface area contributed by atoms with Gasteiger partial charge in [0.2, 0.25) is 10.0 Å². The van der Waals surface area contributed by atoms with E-state index in [2.05, 4.69) is 21.2 Å². The number of benzene rings is 2. The number of halogens is 1. The van der Waals surface area contributed by atoms with Gasteiger partial charge in [-0.2, -0.15) is 0 Å². The molecule has 138 valence electrons. The van der Waals surface area contributed by atoms with E-state index in [4.69, 9.17) is 9.88 Å². The molecule has 0 unspecified atom stereocenters. The number of nitrogens with one attached hydrogen (secondary N) is 1. The van der Waals surface area contributed by atoms with Gasteiger partial charge in [0.1, 0.15) is 0 Å². The molecule has 2 rings (SSSR count). The summed E-state index contributed by atoms with van der Waals surface area (Å²) in [5.41, 5.74) is 2.10. The number of rotatable bonds is 5. The number of carbonyl (C=O) groups excluding carboxylic acids is 2. The second-order valence-corrected chi connectivity index (χ2v) is 8.05. The van der Waals surface area contributed by atoms with Gasteiger partial charge in [-0.3, -0.25) is 4.79 Å². The predicted molar refractivity (Wildman–Crippen MR) is 100 cm³/mol. The van der Waals surface area contributed by atoms with E-state index in [0.717, 1.165) is 11.6 Å². The molecule has 26 heavy (non-hydrogen) atoms. The Kier molecular flexibility index (Phi) is 6.17. The van der Waals surface area contributed by atoms with Crippen LogP contribution in [-0.2, 0) is 19.6 Å². The molecule has 9 heteroatoms. The third-order valence-electron chi connectivity index (χ3n) is 3.49. The quantitative estimate of drug-likeness (QED) is 0.692. The molecule has 1 amide bonds. The van der Waals surface area contributed by atoms with Crippen LogP contribution in [0.1, 0.15) is 21.5 Å². The van der Waals surface area contributed by atoms with Crippen LogP contribution in [0.3, 0.4) is 0 Å². The largest absolute Gasteiger partial charge is 0.452 e. The van der Waals surface area contributed by atoms with E-state index in [0.29, 0.717) is 15.7 Å². The summed E-state index contributed by atoms with van der Waals surface area (Å²) in [6.45, 7) is 3.02. The SMILES string of the molecule is Cc1ccc(NC(=O)COC(=O)c2cc(S(N)(=O)=O)ccc2C)c(Br)c1. The summed E-state index contributed by atoms with van der Waals surface area (Å²) < 4.78 is 28.5. The van der Waals surface area contributed by atoms with Gasteiger partial charge in [0.15, 0.2) is 6.61 Å². The van der Waals surface area contributed by atoms with Crippen molar-refractivity contribution < 1.29 is 22.7 Å². The van der Waals surface area contributed by atoms with Gasteiger partial charge in [0, 0.05) is 4.47 Å². The smallest absolute Gasteiger partial charge is 0.338 e. The van der Waals surface area contributed by atoms with Crippen molar-refractivity contribution in [3.8, 4) is 0 Å². The van der Waals surface area contributed by atoms with Crippen molar-refractivity contribution >= 4 is 43.5 Å². The molecule has 0 heterocycles. The van der Waals surface area contributed by atoms with Crippen LogP contribution in [0.4, 0.5) is 5.69 Å². The molecule has 0 atom stereocenters. The Morgan fingerprint density at radius 1 is 1.15 bits per heavy atom. The third kappa shape index (κ3) is 5.13. The standard InChI is InChI=1S/C17H17BrN2O5S/c1-10-3-6-15(14(18)7-10)20-16(21)9-25-17(22)13-8-12(26(19,23)24)5-4-11(13)2/h3-8H,9H2,1-2H3,(H,20,21)(H2,19,23,24). The first kappa shape index (κ1) is 20.1. The lowest BCUT2D eigenvalue weighted by atomic mass is 10.1. The van der Waals surface area contributed by atoms with E-state index in [-0.39, 0.29) is 10.5 Å². The Hall–Kier alpha value is -2.23. The minimum atomic E-state index is -3.95. The van der Waals surface area contributed by atoms with Gasteiger partial charge in [-0.25, -0.2) is 18.4 Å². The minimum Gasteiger partial charge on any atom is -0.452 e. The number of hydrogen-bond donors (Lipinski definition) is 2. The molecular formula is C17H17BrN2O5S. The van der Waals surface area contributed by atoms with Gasteiger partial charge in [-0.05, 0) is 65.2 Å². The highest BCUT2D eigenvalue weighted by Gasteiger charge is 2.17. The summed E-state index contributed by atoms with van der Waals surface area (Å²) in [4.78, 5) is 23.9. The molecule has 0 aliphatic heterocycles. The lowest BCUT2D eigenvalue weighted by molar-refractivity contribution is -0.119. The maximum Gasteiger partial charge on any atom is 0.338 e. The van der Waals surface area contributed by atoms with Crippen molar-refractivity contribution in [1.82, 2.24) is 0 Å². The van der Waals surface area contributed by atoms with E-state index in [9.17, 15) is 18.0 Å². The predicted octanol–water partition coefficient (Wildman–Crippen LogP) is 2.51. The van der Waals surface area contributed by atoms with Gasteiger partial charge < -0.3 is 10.1 Å². The average Bonchev–Trinajstić information content (AvgIpc) is 2.54. The summed E-state index contributed by atoms with van der Waals surface area (Å²) >= 11 is 3.34. The van der Waals surface area contributed by atoms with Crippen LogP contribution < -0.4 is 10.5 Å². The van der Waals surface area contributed by atoms with E-state index in [1.165, 1.54) is 12.1 Å². The first-order valence-corrected chi connectivity index (χ1v) is 9.78. The Morgan fingerprint density at radius 2 is 1.85 bits per heavy atom. The number of ether oxygens (including phenoxy) is 1. The maximum absolute atomic E-state index is 12.2. The lowest BCUT2D eigenvalue weighted by Crippen LogP contribution is -2.22. The van der Waals surface area contributed by atoms with E-state index >= 15 is 0 Å². The van der Waals surface area contributed by atoms with Crippen LogP contribution in [0.15, 0.2) is 45.8 Å². The van der Waals surface area contributed by atoms with Gasteiger partial charge in [0.25, 0.3) is 5.91 Å². The number of sulfonamides is 1. The van der Waals surface area contributed by atoms with Crippen LogP contribution in [-0.4, -0.2) is 26.9 Å². The maximum atomic E-state index is 12.2. The van der Waals surface area contributed by atoms with E-state index in [1.807, 2.05) is 19.1 Å². The highest BCUT2D eigenvalue weighted by molar-refractivity contribution is 9.10. The zero-order valence-corrected chi connectivity index (χ0v) is 16.5. The molecule has 0 aliphatic rings. The molecule has 0 aliphatic carbocycles. The second-order valence-electron chi connectivity index (χ2n) is 5.63. The summed E-state index contributed by atoms with van der Waals surface area (Å²) in [6.07, 6.45) is 0. The fourth-order valence-electron chi connectivity index (χ4n) is 2.11. The lowest BCUT2D eigenvalue weighted by Gasteiger charge is -2.10. The molecule has 3 N–H and O–H groups in total. The summed E-state index contributed by atoms with van der Waals surface area (Å²) in [5, 5.41) is 7.68. The monoisotopic (exact) mass is 440 g/mol. The fourth-order valence-corrected chi connectivity index (χ4v) is 3.25. The Labute approximate surface area is 159 Å². The van der Waals surface area contributed by atoms with Gasteiger partial charge in [0.05, 0.1) is 16.1 Å². The van der Waals surface area contributed by atoms with Crippen molar-refractivity contribution in [2.24, 2.45) is 5.14 Å². The van der Waals surface area contributed by atoms with Crippen molar-refractivity contribution in [2.45, 2.75) is 18.7 Å². The van der Waals surface area contributed by atoms with Crippen molar-refractivity contribution in [1.29, 1.82) is 0 Å². The summed E-state index contributed by atoms with van der Waals surface area (Å²) in [5.74, 6) is -1.34. The number of primary sulfonamides is 1. The summed E-state index contributed by atoms with van der Waals surface area (Å²) in [6, 6.07) is 9.25. The molecular weight excluding hydrogens is 424 g/mol. The first-order chi connectivity index (χ1) is 12.1. The Balaban J connectivity index is 2.05. The van der Waals surface area contributed by atoms with Crippen molar-refractivity contribution in [2.75, 3.05) is 11.9 Å². The first-order valence-electron chi connectivity index (χ1n) is 7.44. The third-order valence-corrected chi connectivity index (χ3v) is 5.06. The van der Waals surface area contributed by atoms with Gasteiger partial charge in [-0.1, -0.05) is 12.1 Å². The average molecular weight is 441 g/mol. The minimum absolute atomic E-state index is 0.0286.